The number of carbonyl (C=O) groups excluding carboxylic acids is 1. The van der Waals surface area contributed by atoms with E-state index in [-0.39, 0.29) is 16.9 Å². The number of benzene rings is 1. The van der Waals surface area contributed by atoms with Crippen molar-refractivity contribution in [2.75, 3.05) is 7.11 Å². The third-order valence-corrected chi connectivity index (χ3v) is 3.16. The van der Waals surface area contributed by atoms with Crippen LogP contribution in [0.5, 0.6) is 11.5 Å². The van der Waals surface area contributed by atoms with E-state index < -0.39 is 6.10 Å². The van der Waals surface area contributed by atoms with Gasteiger partial charge in [0, 0.05) is 11.6 Å². The van der Waals surface area contributed by atoms with Gasteiger partial charge < -0.3 is 14.8 Å². The molecular weight excluding hydrogens is 278 g/mol. The van der Waals surface area contributed by atoms with Gasteiger partial charge in [0.05, 0.1) is 7.11 Å². The Labute approximate surface area is 134 Å². The second-order valence-corrected chi connectivity index (χ2v) is 7.55. The maximum atomic E-state index is 12.3. The van der Waals surface area contributed by atoms with Gasteiger partial charge in [0.15, 0.2) is 6.10 Å². The SMILES string of the molecule is COc1cccc(O[C@H](C)C(=O)NC(C)(C)CC(C)(C)C)c1. The van der Waals surface area contributed by atoms with Crippen LogP contribution in [-0.4, -0.2) is 24.7 Å². The van der Waals surface area contributed by atoms with Crippen LogP contribution in [0, 0.1) is 5.41 Å². The molecule has 4 heteroatoms. The van der Waals surface area contributed by atoms with Gasteiger partial charge in [-0.05, 0) is 44.7 Å². The summed E-state index contributed by atoms with van der Waals surface area (Å²) in [6, 6.07) is 7.25. The molecular formula is C18H29NO3. The molecule has 1 aromatic rings. The van der Waals surface area contributed by atoms with Crippen molar-refractivity contribution in [2.45, 2.75) is 59.6 Å². The molecule has 1 aromatic carbocycles. The second-order valence-electron chi connectivity index (χ2n) is 7.55. The van der Waals surface area contributed by atoms with Gasteiger partial charge in [-0.1, -0.05) is 26.8 Å². The Kier molecular flexibility index (Phi) is 5.86. The number of hydrogen-bond acceptors (Lipinski definition) is 3. The fourth-order valence-electron chi connectivity index (χ4n) is 2.74. The number of carbonyl (C=O) groups is 1. The van der Waals surface area contributed by atoms with E-state index in [4.69, 9.17) is 9.47 Å². The summed E-state index contributed by atoms with van der Waals surface area (Å²) in [4.78, 5) is 12.3. The largest absolute Gasteiger partial charge is 0.497 e. The topological polar surface area (TPSA) is 47.6 Å². The van der Waals surface area contributed by atoms with Crippen molar-refractivity contribution < 1.29 is 14.3 Å². The monoisotopic (exact) mass is 307 g/mol. The van der Waals surface area contributed by atoms with Gasteiger partial charge in [-0.15, -0.1) is 0 Å². The van der Waals surface area contributed by atoms with Crippen molar-refractivity contribution in [1.29, 1.82) is 0 Å². The number of hydrogen-bond donors (Lipinski definition) is 1. The fraction of sp³-hybridized carbons (Fsp3) is 0.611. The van der Waals surface area contributed by atoms with Crippen molar-refractivity contribution in [3.05, 3.63) is 24.3 Å². The van der Waals surface area contributed by atoms with E-state index in [0.717, 1.165) is 6.42 Å². The van der Waals surface area contributed by atoms with E-state index in [2.05, 4.69) is 26.1 Å². The lowest BCUT2D eigenvalue weighted by Crippen LogP contribution is -2.50. The molecule has 0 heterocycles. The van der Waals surface area contributed by atoms with Gasteiger partial charge in [0.2, 0.25) is 0 Å². The van der Waals surface area contributed by atoms with Gasteiger partial charge in [0.25, 0.3) is 5.91 Å². The number of rotatable bonds is 6. The van der Waals surface area contributed by atoms with Crippen molar-refractivity contribution in [2.24, 2.45) is 5.41 Å². The molecule has 0 aliphatic heterocycles. The molecule has 0 fully saturated rings. The molecule has 0 radical (unpaired) electrons. The summed E-state index contributed by atoms with van der Waals surface area (Å²) in [5, 5.41) is 3.07. The zero-order valence-electron chi connectivity index (χ0n) is 14.8. The van der Waals surface area contributed by atoms with Crippen LogP contribution in [0.2, 0.25) is 0 Å². The highest BCUT2D eigenvalue weighted by Gasteiger charge is 2.29. The summed E-state index contributed by atoms with van der Waals surface area (Å²) in [5.41, 5.74) is -0.130. The molecule has 0 saturated heterocycles. The normalized spacial score (nSPS) is 13.4. The first-order valence-corrected chi connectivity index (χ1v) is 7.65. The van der Waals surface area contributed by atoms with Crippen LogP contribution in [0.3, 0.4) is 0 Å². The zero-order valence-corrected chi connectivity index (χ0v) is 14.8. The van der Waals surface area contributed by atoms with Gasteiger partial charge >= 0.3 is 0 Å². The molecule has 0 aromatic heterocycles. The summed E-state index contributed by atoms with van der Waals surface area (Å²) < 4.78 is 10.9. The average Bonchev–Trinajstić information content (AvgIpc) is 2.35. The maximum absolute atomic E-state index is 12.3. The predicted molar refractivity (Wildman–Crippen MR) is 89.4 cm³/mol. The quantitative estimate of drug-likeness (QED) is 0.869. The highest BCUT2D eigenvalue weighted by atomic mass is 16.5. The molecule has 0 saturated carbocycles. The first kappa shape index (κ1) is 18.3. The standard InChI is InChI=1S/C18H29NO3/c1-13(22-15-10-8-9-14(11-15)21-7)16(20)19-18(5,6)12-17(2,3)4/h8-11,13H,12H2,1-7H3,(H,19,20)/t13-/m1/s1. The van der Waals surface area contributed by atoms with Crippen LogP contribution in [0.15, 0.2) is 24.3 Å². The van der Waals surface area contributed by atoms with Crippen LogP contribution in [0.4, 0.5) is 0 Å². The van der Waals surface area contributed by atoms with E-state index in [0.29, 0.717) is 11.5 Å². The van der Waals surface area contributed by atoms with Crippen LogP contribution >= 0.6 is 0 Å². The summed E-state index contributed by atoms with van der Waals surface area (Å²) in [6.45, 7) is 12.3. The third-order valence-electron chi connectivity index (χ3n) is 3.16. The molecule has 0 bridgehead atoms. The Bertz CT molecular complexity index is 503. The molecule has 0 aliphatic rings. The average molecular weight is 307 g/mol. The molecule has 1 N–H and O–H groups in total. The molecule has 1 atom stereocenters. The minimum Gasteiger partial charge on any atom is -0.497 e. The highest BCUT2D eigenvalue weighted by Crippen LogP contribution is 2.27. The minimum absolute atomic E-state index is 0.114. The van der Waals surface area contributed by atoms with E-state index in [1.165, 1.54) is 0 Å². The van der Waals surface area contributed by atoms with Gasteiger partial charge in [-0.2, -0.15) is 0 Å². The lowest BCUT2D eigenvalue weighted by atomic mass is 9.81. The molecule has 4 nitrogen and oxygen atoms in total. The predicted octanol–water partition coefficient (Wildman–Crippen LogP) is 3.79. The van der Waals surface area contributed by atoms with Crippen molar-refractivity contribution in [3.63, 3.8) is 0 Å². The lowest BCUT2D eigenvalue weighted by molar-refractivity contribution is -0.129. The first-order valence-electron chi connectivity index (χ1n) is 7.65. The molecule has 0 unspecified atom stereocenters. The smallest absolute Gasteiger partial charge is 0.261 e. The van der Waals surface area contributed by atoms with E-state index in [1.54, 1.807) is 20.1 Å². The number of amides is 1. The number of nitrogens with one attached hydrogen (secondary N) is 1. The third kappa shape index (κ3) is 6.37. The zero-order chi connectivity index (χ0) is 17.0. The summed E-state index contributed by atoms with van der Waals surface area (Å²) in [6.07, 6.45) is 0.323. The molecule has 1 rings (SSSR count). The molecule has 1 amide bonds. The van der Waals surface area contributed by atoms with Crippen molar-refractivity contribution in [3.8, 4) is 11.5 Å². The Morgan fingerprint density at radius 1 is 1.18 bits per heavy atom. The molecule has 124 valence electrons. The van der Waals surface area contributed by atoms with Crippen LogP contribution in [0.25, 0.3) is 0 Å². The molecule has 22 heavy (non-hydrogen) atoms. The van der Waals surface area contributed by atoms with E-state index in [9.17, 15) is 4.79 Å². The molecule has 0 spiro atoms. The first-order chi connectivity index (χ1) is 10.0. The van der Waals surface area contributed by atoms with Crippen molar-refractivity contribution >= 4 is 5.91 Å². The molecule has 0 aliphatic carbocycles. The van der Waals surface area contributed by atoms with Gasteiger partial charge in [-0.3, -0.25) is 4.79 Å². The number of ether oxygens (including phenoxy) is 2. The summed E-state index contributed by atoms with van der Waals surface area (Å²) in [5.74, 6) is 1.21. The Morgan fingerprint density at radius 3 is 2.32 bits per heavy atom. The van der Waals surface area contributed by atoms with Gasteiger partial charge in [-0.25, -0.2) is 0 Å². The van der Waals surface area contributed by atoms with Crippen LogP contribution in [0.1, 0.15) is 48.0 Å². The minimum atomic E-state index is -0.564. The highest BCUT2D eigenvalue weighted by molar-refractivity contribution is 5.81. The van der Waals surface area contributed by atoms with Crippen LogP contribution in [-0.2, 0) is 4.79 Å². The Balaban J connectivity index is 2.65. The van der Waals surface area contributed by atoms with Crippen LogP contribution < -0.4 is 14.8 Å². The Hall–Kier alpha value is -1.71. The second kappa shape index (κ2) is 7.03. The van der Waals surface area contributed by atoms with Crippen molar-refractivity contribution in [1.82, 2.24) is 5.32 Å². The van der Waals surface area contributed by atoms with E-state index in [1.807, 2.05) is 32.0 Å². The Morgan fingerprint density at radius 2 is 1.77 bits per heavy atom. The maximum Gasteiger partial charge on any atom is 0.261 e. The fourth-order valence-corrected chi connectivity index (χ4v) is 2.74. The van der Waals surface area contributed by atoms with E-state index >= 15 is 0 Å². The summed E-state index contributed by atoms with van der Waals surface area (Å²) in [7, 11) is 1.60. The van der Waals surface area contributed by atoms with Gasteiger partial charge in [0.1, 0.15) is 11.5 Å². The summed E-state index contributed by atoms with van der Waals surface area (Å²) >= 11 is 0. The lowest BCUT2D eigenvalue weighted by Gasteiger charge is -2.34. The number of methoxy groups -OCH3 is 1.